The SMILES string of the molecule is CC(C)CS(=O)(=O)CCNC(=O)[C@H]1CC(=O)Nc2ccc(F)cc21. The van der Waals surface area contributed by atoms with Crippen molar-refractivity contribution in [1.82, 2.24) is 5.32 Å². The zero-order chi connectivity index (χ0) is 17.9. The van der Waals surface area contributed by atoms with Crippen molar-refractivity contribution >= 4 is 27.3 Å². The maximum atomic E-state index is 13.4. The maximum Gasteiger partial charge on any atom is 0.228 e. The molecule has 132 valence electrons. The average Bonchev–Trinajstić information content (AvgIpc) is 2.45. The minimum absolute atomic E-state index is 0.0163. The van der Waals surface area contributed by atoms with Crippen molar-refractivity contribution in [2.45, 2.75) is 26.2 Å². The van der Waals surface area contributed by atoms with E-state index in [-0.39, 0.29) is 36.3 Å². The minimum Gasteiger partial charge on any atom is -0.355 e. The molecule has 1 aliphatic rings. The summed E-state index contributed by atoms with van der Waals surface area (Å²) >= 11 is 0. The molecule has 0 saturated heterocycles. The number of fused-ring (bicyclic) bond motifs is 1. The lowest BCUT2D eigenvalue weighted by Crippen LogP contribution is -2.37. The van der Waals surface area contributed by atoms with Gasteiger partial charge in [-0.1, -0.05) is 13.8 Å². The van der Waals surface area contributed by atoms with E-state index < -0.39 is 27.5 Å². The predicted molar refractivity (Wildman–Crippen MR) is 88.9 cm³/mol. The number of halogens is 1. The quantitative estimate of drug-likeness (QED) is 0.807. The third kappa shape index (κ3) is 4.77. The first-order valence-electron chi connectivity index (χ1n) is 7.75. The monoisotopic (exact) mass is 356 g/mol. The van der Waals surface area contributed by atoms with Gasteiger partial charge in [-0.3, -0.25) is 9.59 Å². The standard InChI is InChI=1S/C16H21FN2O4S/c1-10(2)9-24(22,23)6-5-18-16(21)13-8-15(20)19-14-4-3-11(17)7-12(13)14/h3-4,7,10,13H,5-6,8-9H2,1-2H3,(H,18,21)(H,19,20)/t13-/m0/s1. The zero-order valence-electron chi connectivity index (χ0n) is 13.6. The third-order valence-electron chi connectivity index (χ3n) is 3.67. The highest BCUT2D eigenvalue weighted by atomic mass is 32.2. The molecule has 1 aromatic rings. The summed E-state index contributed by atoms with van der Waals surface area (Å²) in [4.78, 5) is 24.0. The molecule has 0 radical (unpaired) electrons. The molecule has 1 atom stereocenters. The second-order valence-corrected chi connectivity index (χ2v) is 8.56. The van der Waals surface area contributed by atoms with E-state index in [0.717, 1.165) is 0 Å². The first kappa shape index (κ1) is 18.4. The van der Waals surface area contributed by atoms with Crippen molar-refractivity contribution in [2.24, 2.45) is 5.92 Å². The van der Waals surface area contributed by atoms with Gasteiger partial charge in [0.15, 0.2) is 9.84 Å². The molecule has 2 amide bonds. The van der Waals surface area contributed by atoms with Gasteiger partial charge in [0.1, 0.15) is 5.82 Å². The number of hydrogen-bond acceptors (Lipinski definition) is 4. The third-order valence-corrected chi connectivity index (χ3v) is 5.67. The highest BCUT2D eigenvalue weighted by Crippen LogP contribution is 2.32. The molecule has 0 fully saturated rings. The normalized spacial score (nSPS) is 17.3. The molecule has 0 unspecified atom stereocenters. The van der Waals surface area contributed by atoms with E-state index in [2.05, 4.69) is 10.6 Å². The Morgan fingerprint density at radius 2 is 2.12 bits per heavy atom. The van der Waals surface area contributed by atoms with Crippen LogP contribution in [0.4, 0.5) is 10.1 Å². The molecule has 24 heavy (non-hydrogen) atoms. The maximum absolute atomic E-state index is 13.4. The number of rotatable bonds is 6. The van der Waals surface area contributed by atoms with Crippen LogP contribution < -0.4 is 10.6 Å². The number of anilines is 1. The van der Waals surface area contributed by atoms with Crippen molar-refractivity contribution in [1.29, 1.82) is 0 Å². The molecule has 1 heterocycles. The van der Waals surface area contributed by atoms with Crippen molar-refractivity contribution in [3.05, 3.63) is 29.6 Å². The molecule has 0 bridgehead atoms. The summed E-state index contributed by atoms with van der Waals surface area (Å²) in [5.41, 5.74) is 0.803. The molecule has 0 saturated carbocycles. The predicted octanol–water partition coefficient (Wildman–Crippen LogP) is 1.44. The first-order valence-corrected chi connectivity index (χ1v) is 9.57. The Hall–Kier alpha value is -1.96. The highest BCUT2D eigenvalue weighted by Gasteiger charge is 2.31. The summed E-state index contributed by atoms with van der Waals surface area (Å²) in [6.45, 7) is 3.58. The van der Waals surface area contributed by atoms with Crippen LogP contribution in [0.1, 0.15) is 31.7 Å². The van der Waals surface area contributed by atoms with Crippen LogP contribution in [0.2, 0.25) is 0 Å². The van der Waals surface area contributed by atoms with Crippen LogP contribution in [0.5, 0.6) is 0 Å². The van der Waals surface area contributed by atoms with Gasteiger partial charge in [0.25, 0.3) is 0 Å². The summed E-state index contributed by atoms with van der Waals surface area (Å²) in [7, 11) is -3.24. The number of carbonyl (C=O) groups excluding carboxylic acids is 2. The van der Waals surface area contributed by atoms with Crippen LogP contribution >= 0.6 is 0 Å². The summed E-state index contributed by atoms with van der Waals surface area (Å²) in [6.07, 6.45) is -0.0962. The fraction of sp³-hybridized carbons (Fsp3) is 0.500. The highest BCUT2D eigenvalue weighted by molar-refractivity contribution is 7.91. The van der Waals surface area contributed by atoms with E-state index in [4.69, 9.17) is 0 Å². The molecule has 8 heteroatoms. The molecule has 2 N–H and O–H groups in total. The molecule has 0 aromatic heterocycles. The lowest BCUT2D eigenvalue weighted by atomic mass is 9.89. The van der Waals surface area contributed by atoms with E-state index in [1.807, 2.05) is 13.8 Å². The Bertz CT molecular complexity index is 746. The number of amides is 2. The Labute approximate surface area is 140 Å². The summed E-state index contributed by atoms with van der Waals surface area (Å²) in [5, 5.41) is 5.13. The van der Waals surface area contributed by atoms with E-state index in [1.165, 1.54) is 18.2 Å². The summed E-state index contributed by atoms with van der Waals surface area (Å²) in [6, 6.07) is 3.83. The van der Waals surface area contributed by atoms with Gasteiger partial charge in [0, 0.05) is 18.7 Å². The van der Waals surface area contributed by atoms with Gasteiger partial charge in [-0.2, -0.15) is 0 Å². The number of carbonyl (C=O) groups is 2. The number of hydrogen-bond donors (Lipinski definition) is 2. The molecule has 2 rings (SSSR count). The molecule has 0 spiro atoms. The molecule has 6 nitrogen and oxygen atoms in total. The largest absolute Gasteiger partial charge is 0.355 e. The van der Waals surface area contributed by atoms with Crippen LogP contribution in [-0.2, 0) is 19.4 Å². The van der Waals surface area contributed by atoms with Crippen molar-refractivity contribution in [2.75, 3.05) is 23.4 Å². The number of sulfone groups is 1. The van der Waals surface area contributed by atoms with Crippen LogP contribution in [-0.4, -0.2) is 38.3 Å². The fourth-order valence-corrected chi connectivity index (χ4v) is 4.31. The van der Waals surface area contributed by atoms with Gasteiger partial charge in [-0.05, 0) is 29.7 Å². The number of benzene rings is 1. The van der Waals surface area contributed by atoms with Gasteiger partial charge in [0.2, 0.25) is 11.8 Å². The van der Waals surface area contributed by atoms with E-state index in [1.54, 1.807) is 0 Å². The molecule has 0 aliphatic carbocycles. The van der Waals surface area contributed by atoms with Crippen LogP contribution in [0.3, 0.4) is 0 Å². The van der Waals surface area contributed by atoms with E-state index >= 15 is 0 Å². The molecule has 1 aromatic carbocycles. The molecular weight excluding hydrogens is 335 g/mol. The Morgan fingerprint density at radius 3 is 2.79 bits per heavy atom. The van der Waals surface area contributed by atoms with Crippen LogP contribution in [0.15, 0.2) is 18.2 Å². The topological polar surface area (TPSA) is 92.3 Å². The average molecular weight is 356 g/mol. The van der Waals surface area contributed by atoms with E-state index in [0.29, 0.717) is 11.3 Å². The second-order valence-electron chi connectivity index (χ2n) is 6.34. The first-order chi connectivity index (χ1) is 11.2. The minimum atomic E-state index is -3.24. The van der Waals surface area contributed by atoms with Gasteiger partial charge in [0.05, 0.1) is 17.4 Å². The van der Waals surface area contributed by atoms with E-state index in [9.17, 15) is 22.4 Å². The van der Waals surface area contributed by atoms with Gasteiger partial charge in [-0.25, -0.2) is 12.8 Å². The van der Waals surface area contributed by atoms with Crippen molar-refractivity contribution < 1.29 is 22.4 Å². The summed E-state index contributed by atoms with van der Waals surface area (Å²) < 4.78 is 37.1. The van der Waals surface area contributed by atoms with Crippen LogP contribution in [0, 0.1) is 11.7 Å². The van der Waals surface area contributed by atoms with Gasteiger partial charge < -0.3 is 10.6 Å². The van der Waals surface area contributed by atoms with Gasteiger partial charge in [-0.15, -0.1) is 0 Å². The second kappa shape index (κ2) is 7.29. The molecular formula is C16H21FN2O4S. The Kier molecular flexibility index (Phi) is 5.58. The number of nitrogens with one attached hydrogen (secondary N) is 2. The Morgan fingerprint density at radius 1 is 1.42 bits per heavy atom. The van der Waals surface area contributed by atoms with Gasteiger partial charge >= 0.3 is 0 Å². The van der Waals surface area contributed by atoms with Crippen molar-refractivity contribution in [3.8, 4) is 0 Å². The lowest BCUT2D eigenvalue weighted by Gasteiger charge is -2.24. The summed E-state index contributed by atoms with van der Waals surface area (Å²) in [5.74, 6) is -2.21. The molecule has 1 aliphatic heterocycles. The zero-order valence-corrected chi connectivity index (χ0v) is 14.5. The van der Waals surface area contributed by atoms with Crippen LogP contribution in [0.25, 0.3) is 0 Å². The van der Waals surface area contributed by atoms with Crippen molar-refractivity contribution in [3.63, 3.8) is 0 Å². The lowest BCUT2D eigenvalue weighted by molar-refractivity contribution is -0.126. The fourth-order valence-electron chi connectivity index (χ4n) is 2.71. The smallest absolute Gasteiger partial charge is 0.228 e. The Balaban J connectivity index is 2.03.